The van der Waals surface area contributed by atoms with Crippen LogP contribution in [0.5, 0.6) is 0 Å². The Kier molecular flexibility index (Phi) is 2.99. The van der Waals surface area contributed by atoms with Crippen LogP contribution >= 0.6 is 0 Å². The van der Waals surface area contributed by atoms with Crippen molar-refractivity contribution >= 4 is 22.5 Å². The standard InChI is InChI=1S/C16H13FN2O/c1-19(12-6-4-5-11(17)9-12)16(20)14-10-18-15-8-3-2-7-13(14)15/h2-10,18H,1H3. The molecule has 0 fully saturated rings. The lowest BCUT2D eigenvalue weighted by molar-refractivity contribution is 0.0994. The molecule has 1 amide bonds. The van der Waals surface area contributed by atoms with Crippen LogP contribution in [-0.2, 0) is 0 Å². The second kappa shape index (κ2) is 4.81. The highest BCUT2D eigenvalue weighted by Crippen LogP contribution is 2.22. The van der Waals surface area contributed by atoms with E-state index in [1.807, 2.05) is 24.3 Å². The van der Waals surface area contributed by atoms with E-state index >= 15 is 0 Å². The first kappa shape index (κ1) is 12.4. The van der Waals surface area contributed by atoms with Crippen LogP contribution in [0.1, 0.15) is 10.4 Å². The summed E-state index contributed by atoms with van der Waals surface area (Å²) in [4.78, 5) is 17.0. The maximum atomic E-state index is 13.2. The van der Waals surface area contributed by atoms with Gasteiger partial charge in [-0.2, -0.15) is 0 Å². The third-order valence-electron chi connectivity index (χ3n) is 3.32. The number of nitrogens with one attached hydrogen (secondary N) is 1. The van der Waals surface area contributed by atoms with E-state index in [-0.39, 0.29) is 11.7 Å². The van der Waals surface area contributed by atoms with Gasteiger partial charge in [-0.15, -0.1) is 0 Å². The Balaban J connectivity index is 2.00. The maximum absolute atomic E-state index is 13.2. The van der Waals surface area contributed by atoms with Crippen molar-refractivity contribution < 1.29 is 9.18 Å². The number of aromatic nitrogens is 1. The summed E-state index contributed by atoms with van der Waals surface area (Å²) < 4.78 is 13.2. The van der Waals surface area contributed by atoms with Crippen molar-refractivity contribution in [3.05, 3.63) is 66.1 Å². The summed E-state index contributed by atoms with van der Waals surface area (Å²) in [5.74, 6) is -0.533. The number of carbonyl (C=O) groups is 1. The highest BCUT2D eigenvalue weighted by molar-refractivity contribution is 6.13. The Morgan fingerprint density at radius 1 is 1.15 bits per heavy atom. The fraction of sp³-hybridized carbons (Fsp3) is 0.0625. The topological polar surface area (TPSA) is 36.1 Å². The first-order valence-corrected chi connectivity index (χ1v) is 6.26. The van der Waals surface area contributed by atoms with Gasteiger partial charge in [-0.25, -0.2) is 4.39 Å². The Labute approximate surface area is 115 Å². The molecule has 0 saturated heterocycles. The zero-order valence-electron chi connectivity index (χ0n) is 10.9. The molecule has 0 atom stereocenters. The lowest BCUT2D eigenvalue weighted by Gasteiger charge is -2.16. The van der Waals surface area contributed by atoms with Crippen molar-refractivity contribution in [2.45, 2.75) is 0 Å². The van der Waals surface area contributed by atoms with Gasteiger partial charge in [0, 0.05) is 29.8 Å². The van der Waals surface area contributed by atoms with E-state index in [1.165, 1.54) is 17.0 Å². The van der Waals surface area contributed by atoms with Gasteiger partial charge in [0.15, 0.2) is 0 Å². The van der Waals surface area contributed by atoms with Crippen LogP contribution in [-0.4, -0.2) is 17.9 Å². The molecule has 20 heavy (non-hydrogen) atoms. The molecule has 0 aliphatic rings. The molecule has 3 nitrogen and oxygen atoms in total. The van der Waals surface area contributed by atoms with Gasteiger partial charge in [0.25, 0.3) is 5.91 Å². The number of fused-ring (bicyclic) bond motifs is 1. The van der Waals surface area contributed by atoms with Gasteiger partial charge in [0.1, 0.15) is 5.82 Å². The number of aromatic amines is 1. The minimum atomic E-state index is -0.360. The van der Waals surface area contributed by atoms with E-state index < -0.39 is 0 Å². The molecule has 1 aromatic heterocycles. The summed E-state index contributed by atoms with van der Waals surface area (Å²) in [6, 6.07) is 13.6. The van der Waals surface area contributed by atoms with Crippen molar-refractivity contribution in [3.8, 4) is 0 Å². The lowest BCUT2D eigenvalue weighted by atomic mass is 10.1. The molecule has 3 rings (SSSR count). The molecular weight excluding hydrogens is 255 g/mol. The zero-order valence-corrected chi connectivity index (χ0v) is 10.9. The van der Waals surface area contributed by atoms with Crippen molar-refractivity contribution in [3.63, 3.8) is 0 Å². The number of amides is 1. The van der Waals surface area contributed by atoms with Crippen molar-refractivity contribution in [1.29, 1.82) is 0 Å². The van der Waals surface area contributed by atoms with Gasteiger partial charge >= 0.3 is 0 Å². The van der Waals surface area contributed by atoms with Crippen LogP contribution in [0.15, 0.2) is 54.7 Å². The van der Waals surface area contributed by atoms with Crippen molar-refractivity contribution in [1.82, 2.24) is 4.98 Å². The number of para-hydroxylation sites is 1. The molecule has 0 aliphatic carbocycles. The van der Waals surface area contributed by atoms with Crippen LogP contribution < -0.4 is 4.90 Å². The Morgan fingerprint density at radius 2 is 1.95 bits per heavy atom. The number of halogens is 1. The van der Waals surface area contributed by atoms with Crippen LogP contribution in [0.3, 0.4) is 0 Å². The number of rotatable bonds is 2. The number of hydrogen-bond acceptors (Lipinski definition) is 1. The van der Waals surface area contributed by atoms with Gasteiger partial charge < -0.3 is 9.88 Å². The largest absolute Gasteiger partial charge is 0.360 e. The minimum Gasteiger partial charge on any atom is -0.360 e. The average Bonchev–Trinajstić information content (AvgIpc) is 2.89. The molecule has 100 valence electrons. The molecule has 0 bridgehead atoms. The van der Waals surface area contributed by atoms with Gasteiger partial charge in [0.05, 0.1) is 5.56 Å². The molecule has 0 radical (unpaired) electrons. The third-order valence-corrected chi connectivity index (χ3v) is 3.32. The predicted molar refractivity (Wildman–Crippen MR) is 77.4 cm³/mol. The van der Waals surface area contributed by atoms with Crippen LogP contribution in [0, 0.1) is 5.82 Å². The predicted octanol–water partition coefficient (Wildman–Crippen LogP) is 3.58. The number of benzene rings is 2. The normalized spacial score (nSPS) is 10.7. The van der Waals surface area contributed by atoms with Crippen molar-refractivity contribution in [2.24, 2.45) is 0 Å². The highest BCUT2D eigenvalue weighted by Gasteiger charge is 2.17. The average molecular weight is 268 g/mol. The molecule has 4 heteroatoms. The molecule has 0 aliphatic heterocycles. The molecule has 0 saturated carbocycles. The van der Waals surface area contributed by atoms with Crippen LogP contribution in [0.4, 0.5) is 10.1 Å². The fourth-order valence-corrected chi connectivity index (χ4v) is 2.23. The summed E-state index contributed by atoms with van der Waals surface area (Å²) >= 11 is 0. The Morgan fingerprint density at radius 3 is 2.75 bits per heavy atom. The molecular formula is C16H13FN2O. The molecule has 3 aromatic rings. The van der Waals surface area contributed by atoms with Gasteiger partial charge in [-0.3, -0.25) is 4.79 Å². The van der Waals surface area contributed by atoms with Crippen molar-refractivity contribution in [2.75, 3.05) is 11.9 Å². The van der Waals surface area contributed by atoms with Gasteiger partial charge in [-0.05, 0) is 24.3 Å². The first-order chi connectivity index (χ1) is 9.66. The second-order valence-electron chi connectivity index (χ2n) is 4.59. The number of carbonyl (C=O) groups excluding carboxylic acids is 1. The summed E-state index contributed by atoms with van der Waals surface area (Å²) in [7, 11) is 1.64. The van der Waals surface area contributed by atoms with E-state index in [2.05, 4.69) is 4.98 Å². The molecule has 0 spiro atoms. The summed E-state index contributed by atoms with van der Waals surface area (Å²) in [5, 5.41) is 0.862. The summed E-state index contributed by atoms with van der Waals surface area (Å²) in [6.07, 6.45) is 1.68. The fourth-order valence-electron chi connectivity index (χ4n) is 2.23. The molecule has 2 aromatic carbocycles. The lowest BCUT2D eigenvalue weighted by Crippen LogP contribution is -2.26. The summed E-state index contributed by atoms with van der Waals surface area (Å²) in [5.41, 5.74) is 2.01. The number of H-pyrrole nitrogens is 1. The molecule has 1 heterocycles. The van der Waals surface area contributed by atoms with E-state index in [0.29, 0.717) is 11.3 Å². The van der Waals surface area contributed by atoms with E-state index in [9.17, 15) is 9.18 Å². The third kappa shape index (κ3) is 2.05. The quantitative estimate of drug-likeness (QED) is 0.757. The summed E-state index contributed by atoms with van der Waals surface area (Å²) in [6.45, 7) is 0. The smallest absolute Gasteiger partial charge is 0.260 e. The highest BCUT2D eigenvalue weighted by atomic mass is 19.1. The number of nitrogens with zero attached hydrogens (tertiary/aromatic N) is 1. The second-order valence-corrected chi connectivity index (χ2v) is 4.59. The Bertz CT molecular complexity index is 779. The van der Waals surface area contributed by atoms with Gasteiger partial charge in [-0.1, -0.05) is 24.3 Å². The van der Waals surface area contributed by atoms with E-state index in [4.69, 9.17) is 0 Å². The van der Waals surface area contributed by atoms with E-state index in [1.54, 1.807) is 25.4 Å². The number of anilines is 1. The first-order valence-electron chi connectivity index (χ1n) is 6.26. The SMILES string of the molecule is CN(C(=O)c1c[nH]c2ccccc12)c1cccc(F)c1. The van der Waals surface area contributed by atoms with Crippen LogP contribution in [0.2, 0.25) is 0 Å². The zero-order chi connectivity index (χ0) is 14.1. The maximum Gasteiger partial charge on any atom is 0.260 e. The van der Waals surface area contributed by atoms with Crippen LogP contribution in [0.25, 0.3) is 10.9 Å². The molecule has 1 N–H and O–H groups in total. The molecule has 0 unspecified atom stereocenters. The van der Waals surface area contributed by atoms with Gasteiger partial charge in [0.2, 0.25) is 0 Å². The number of hydrogen-bond donors (Lipinski definition) is 1. The minimum absolute atomic E-state index is 0.173. The van der Waals surface area contributed by atoms with E-state index in [0.717, 1.165) is 10.9 Å². The monoisotopic (exact) mass is 268 g/mol. The Hall–Kier alpha value is -2.62.